The molecule has 48 heavy (non-hydrogen) atoms. The number of carbonyl (C=O) groups excluding carboxylic acids is 3. The minimum Gasteiger partial charge on any atom is -0.496 e. The quantitative estimate of drug-likeness (QED) is 0.210. The highest BCUT2D eigenvalue weighted by molar-refractivity contribution is 6.34. The number of halogens is 3. The molecule has 0 aliphatic carbocycles. The zero-order chi connectivity index (χ0) is 33.8. The molecule has 1 atom stereocenters. The van der Waals surface area contributed by atoms with Gasteiger partial charge in [-0.1, -0.05) is 59.1 Å². The minimum absolute atomic E-state index is 0.0839. The summed E-state index contributed by atoms with van der Waals surface area (Å²) >= 11 is 19.1. The van der Waals surface area contributed by atoms with Gasteiger partial charge in [-0.25, -0.2) is 0 Å². The Balaban J connectivity index is 1.18. The lowest BCUT2D eigenvalue weighted by Gasteiger charge is -2.37. The molecular formula is C37H35Cl3N4O4. The van der Waals surface area contributed by atoms with Crippen molar-refractivity contribution in [1.82, 2.24) is 4.90 Å². The van der Waals surface area contributed by atoms with E-state index in [2.05, 4.69) is 10.2 Å². The third-order valence-electron chi connectivity index (χ3n) is 8.95. The number of fused-ring (bicyclic) bond motifs is 1. The van der Waals surface area contributed by atoms with Crippen LogP contribution in [0.15, 0.2) is 84.9 Å². The molecule has 4 aromatic rings. The van der Waals surface area contributed by atoms with E-state index in [1.54, 1.807) is 53.4 Å². The van der Waals surface area contributed by atoms with Crippen molar-refractivity contribution in [3.05, 3.63) is 117 Å². The second-order valence-corrected chi connectivity index (χ2v) is 13.1. The zero-order valence-corrected chi connectivity index (χ0v) is 28.7. The summed E-state index contributed by atoms with van der Waals surface area (Å²) < 4.78 is 5.62. The summed E-state index contributed by atoms with van der Waals surface area (Å²) in [5.74, 6) is -0.319. The predicted molar refractivity (Wildman–Crippen MR) is 192 cm³/mol. The van der Waals surface area contributed by atoms with Crippen LogP contribution in [0.2, 0.25) is 15.1 Å². The van der Waals surface area contributed by atoms with Crippen molar-refractivity contribution in [2.75, 3.05) is 55.0 Å². The van der Waals surface area contributed by atoms with Gasteiger partial charge in [0.25, 0.3) is 11.8 Å². The summed E-state index contributed by atoms with van der Waals surface area (Å²) in [5.41, 5.74) is 3.73. The molecule has 0 bridgehead atoms. The lowest BCUT2D eigenvalue weighted by molar-refractivity contribution is -0.131. The second-order valence-electron chi connectivity index (χ2n) is 11.9. The molecule has 1 unspecified atom stereocenters. The number of para-hydroxylation sites is 1. The number of amides is 3. The Morgan fingerprint density at radius 2 is 1.52 bits per heavy atom. The molecule has 0 radical (unpaired) electrons. The number of hydrogen-bond donors (Lipinski definition) is 1. The fraction of sp³-hybridized carbons (Fsp3) is 0.270. The summed E-state index contributed by atoms with van der Waals surface area (Å²) in [6.45, 7) is 3.09. The molecule has 0 aromatic heterocycles. The fourth-order valence-electron chi connectivity index (χ4n) is 6.47. The standard InChI is InChI=1S/C37H35Cl3N4O4/c1-48-34-23-26(41-36(46)27-8-2-3-9-30(27)39)13-14-28(34)37(47)44-16-6-7-24(29-22-25(38)12-15-32(29)44)21-35(45)43-19-17-42(18-20-43)33-11-5-4-10-31(33)40/h2-5,8-15,22-24H,6-7,16-21H2,1H3,(H,41,46). The van der Waals surface area contributed by atoms with Crippen molar-refractivity contribution >= 4 is 69.6 Å². The fourth-order valence-corrected chi connectivity index (χ4v) is 7.13. The van der Waals surface area contributed by atoms with Crippen LogP contribution in [0.4, 0.5) is 17.1 Å². The topological polar surface area (TPSA) is 82.2 Å². The van der Waals surface area contributed by atoms with Crippen LogP contribution in [-0.4, -0.2) is 62.5 Å². The molecule has 2 aliphatic heterocycles. The van der Waals surface area contributed by atoms with E-state index in [4.69, 9.17) is 39.5 Å². The summed E-state index contributed by atoms with van der Waals surface area (Å²) in [6, 6.07) is 25.0. The molecule has 11 heteroatoms. The molecule has 6 rings (SSSR count). The number of anilines is 3. The Morgan fingerprint density at radius 3 is 2.25 bits per heavy atom. The van der Waals surface area contributed by atoms with Gasteiger partial charge in [0.05, 0.1) is 34.0 Å². The number of methoxy groups -OCH3 is 1. The number of benzene rings is 4. The number of piperazine rings is 1. The average Bonchev–Trinajstić information content (AvgIpc) is 3.27. The number of carbonyl (C=O) groups is 3. The summed E-state index contributed by atoms with van der Waals surface area (Å²) in [7, 11) is 1.48. The third-order valence-corrected chi connectivity index (χ3v) is 9.84. The molecule has 2 heterocycles. The van der Waals surface area contributed by atoms with Gasteiger partial charge in [-0.3, -0.25) is 14.4 Å². The van der Waals surface area contributed by atoms with Crippen LogP contribution in [-0.2, 0) is 4.79 Å². The average molecular weight is 706 g/mol. The largest absolute Gasteiger partial charge is 0.496 e. The maximum absolute atomic E-state index is 14.1. The Bertz CT molecular complexity index is 1840. The Kier molecular flexibility index (Phi) is 10.4. The number of rotatable bonds is 7. The van der Waals surface area contributed by atoms with Crippen molar-refractivity contribution in [2.45, 2.75) is 25.2 Å². The van der Waals surface area contributed by atoms with Gasteiger partial charge in [-0.15, -0.1) is 0 Å². The molecule has 8 nitrogen and oxygen atoms in total. The van der Waals surface area contributed by atoms with E-state index in [0.717, 1.165) is 23.4 Å². The molecule has 1 N–H and O–H groups in total. The van der Waals surface area contributed by atoms with E-state index >= 15 is 0 Å². The maximum Gasteiger partial charge on any atom is 0.262 e. The lowest BCUT2D eigenvalue weighted by atomic mass is 9.90. The SMILES string of the molecule is COc1cc(NC(=O)c2ccccc2Cl)ccc1C(=O)N1CCCC(CC(=O)N2CCN(c3ccccc3Cl)CC2)c2cc(Cl)ccc21. The van der Waals surface area contributed by atoms with Gasteiger partial charge in [0, 0.05) is 61.6 Å². The van der Waals surface area contributed by atoms with E-state index < -0.39 is 0 Å². The minimum atomic E-state index is -0.372. The number of ether oxygens (including phenoxy) is 1. The van der Waals surface area contributed by atoms with Crippen LogP contribution >= 0.6 is 34.8 Å². The van der Waals surface area contributed by atoms with Crippen molar-refractivity contribution in [3.63, 3.8) is 0 Å². The normalized spacial score (nSPS) is 16.2. The molecule has 248 valence electrons. The van der Waals surface area contributed by atoms with Crippen molar-refractivity contribution in [3.8, 4) is 5.75 Å². The first kappa shape index (κ1) is 33.7. The number of hydrogen-bond acceptors (Lipinski definition) is 5. The van der Waals surface area contributed by atoms with E-state index in [-0.39, 0.29) is 23.6 Å². The Morgan fingerprint density at radius 1 is 0.792 bits per heavy atom. The van der Waals surface area contributed by atoms with Gasteiger partial charge in [0.1, 0.15) is 5.75 Å². The zero-order valence-electron chi connectivity index (χ0n) is 26.4. The second kappa shape index (κ2) is 14.9. The Labute approximate surface area is 295 Å². The predicted octanol–water partition coefficient (Wildman–Crippen LogP) is 8.17. The molecule has 0 spiro atoms. The summed E-state index contributed by atoms with van der Waals surface area (Å²) in [4.78, 5) is 46.5. The van der Waals surface area contributed by atoms with Crippen molar-refractivity contribution in [2.24, 2.45) is 0 Å². The van der Waals surface area contributed by atoms with E-state index in [1.165, 1.54) is 7.11 Å². The van der Waals surface area contributed by atoms with Crippen molar-refractivity contribution < 1.29 is 19.1 Å². The van der Waals surface area contributed by atoms with Crippen molar-refractivity contribution in [1.29, 1.82) is 0 Å². The first-order chi connectivity index (χ1) is 23.2. The molecule has 1 fully saturated rings. The molecular weight excluding hydrogens is 671 g/mol. The molecule has 3 amide bonds. The van der Waals surface area contributed by atoms with Crippen LogP contribution in [0.1, 0.15) is 51.5 Å². The molecule has 0 saturated carbocycles. The Hall–Kier alpha value is -4.24. The van der Waals surface area contributed by atoms with Crippen LogP contribution in [0, 0.1) is 0 Å². The first-order valence-corrected chi connectivity index (χ1v) is 17.0. The number of nitrogens with one attached hydrogen (secondary N) is 1. The highest BCUT2D eigenvalue weighted by atomic mass is 35.5. The van der Waals surface area contributed by atoms with E-state index in [0.29, 0.717) is 83.2 Å². The summed E-state index contributed by atoms with van der Waals surface area (Å²) in [5, 5.41) is 4.42. The van der Waals surface area contributed by atoms with Gasteiger partial charge in [-0.05, 0) is 78.9 Å². The van der Waals surface area contributed by atoms with Crippen LogP contribution < -0.4 is 19.9 Å². The van der Waals surface area contributed by atoms with Crippen LogP contribution in [0.5, 0.6) is 5.75 Å². The monoisotopic (exact) mass is 704 g/mol. The van der Waals surface area contributed by atoms with Crippen LogP contribution in [0.3, 0.4) is 0 Å². The summed E-state index contributed by atoms with van der Waals surface area (Å²) in [6.07, 6.45) is 1.75. The van der Waals surface area contributed by atoms with Crippen LogP contribution in [0.25, 0.3) is 0 Å². The highest BCUT2D eigenvalue weighted by Gasteiger charge is 2.32. The van der Waals surface area contributed by atoms with Gasteiger partial charge < -0.3 is 24.8 Å². The maximum atomic E-state index is 14.1. The highest BCUT2D eigenvalue weighted by Crippen LogP contribution is 2.40. The van der Waals surface area contributed by atoms with Gasteiger partial charge in [0.2, 0.25) is 5.91 Å². The number of nitrogens with zero attached hydrogens (tertiary/aromatic N) is 3. The van der Waals surface area contributed by atoms with E-state index in [9.17, 15) is 14.4 Å². The smallest absolute Gasteiger partial charge is 0.262 e. The van der Waals surface area contributed by atoms with Gasteiger partial charge in [-0.2, -0.15) is 0 Å². The molecule has 1 saturated heterocycles. The lowest BCUT2D eigenvalue weighted by Crippen LogP contribution is -2.49. The van der Waals surface area contributed by atoms with Gasteiger partial charge >= 0.3 is 0 Å². The van der Waals surface area contributed by atoms with Gasteiger partial charge in [0.15, 0.2) is 0 Å². The molecule has 2 aliphatic rings. The first-order valence-electron chi connectivity index (χ1n) is 15.9. The van der Waals surface area contributed by atoms with E-state index in [1.807, 2.05) is 41.3 Å². The molecule has 4 aromatic carbocycles. The third kappa shape index (κ3) is 7.26.